The number of halogens is 2. The summed E-state index contributed by atoms with van der Waals surface area (Å²) in [5, 5.41) is 9.15. The first-order valence-corrected chi connectivity index (χ1v) is 7.98. The van der Waals surface area contributed by atoms with Crippen LogP contribution >= 0.6 is 12.4 Å². The Morgan fingerprint density at radius 2 is 2.00 bits per heavy atom. The smallest absolute Gasteiger partial charge is 0.252 e. The van der Waals surface area contributed by atoms with Gasteiger partial charge < -0.3 is 10.5 Å². The van der Waals surface area contributed by atoms with E-state index in [4.69, 9.17) is 15.9 Å². The lowest BCUT2D eigenvalue weighted by molar-refractivity contribution is -0.124. The second kappa shape index (κ2) is 9.50. The Bertz CT molecular complexity index is 1050. The number of nitrogens with zero attached hydrogens (tertiary/aromatic N) is 2. The summed E-state index contributed by atoms with van der Waals surface area (Å²) in [6.45, 7) is -0.210. The molecule has 0 saturated heterocycles. The molecule has 7 nitrogen and oxygen atoms in total. The number of carbonyl (C=O) groups excluding carboxylic acids is 1. The van der Waals surface area contributed by atoms with Gasteiger partial charge in [0.1, 0.15) is 29.5 Å². The lowest BCUT2D eigenvalue weighted by atomic mass is 10.2. The van der Waals surface area contributed by atoms with Crippen LogP contribution in [0.1, 0.15) is 17.0 Å². The monoisotopic (exact) mass is 401 g/mol. The van der Waals surface area contributed by atoms with Gasteiger partial charge in [-0.05, 0) is 42.3 Å². The Labute approximate surface area is 166 Å². The standard InChI is InChI=1S/C19H16FN5O2.ClH/c20-14-7-4-13(5-8-14)6-9-16-15(11-27-12-18(26)24-19(21)22)23-17-3-1-2-10-25(16)17;/h1-5,7-8,10H,11-12H2,(H4,21,22,24,26);1H. The third-order valence-electron chi connectivity index (χ3n) is 3.52. The number of rotatable bonds is 4. The molecule has 0 radical (unpaired) electrons. The number of guanidine groups is 1. The number of hydrogen-bond donors (Lipinski definition) is 3. The predicted molar refractivity (Wildman–Crippen MR) is 105 cm³/mol. The molecule has 0 fully saturated rings. The molecule has 0 unspecified atom stereocenters. The Morgan fingerprint density at radius 3 is 2.71 bits per heavy atom. The van der Waals surface area contributed by atoms with Crippen LogP contribution in [0, 0.1) is 23.1 Å². The molecule has 0 bridgehead atoms. The highest BCUT2D eigenvalue weighted by molar-refractivity contribution is 5.95. The van der Waals surface area contributed by atoms with Crippen molar-refractivity contribution in [2.45, 2.75) is 6.61 Å². The first-order chi connectivity index (χ1) is 13.0. The molecule has 28 heavy (non-hydrogen) atoms. The molecular weight excluding hydrogens is 385 g/mol. The summed E-state index contributed by atoms with van der Waals surface area (Å²) in [6, 6.07) is 11.4. The SMILES string of the molecule is Cl.N=C(N)NC(=O)COCc1nc2ccccn2c1C#Cc1ccc(F)cc1. The van der Waals surface area contributed by atoms with Gasteiger partial charge in [-0.25, -0.2) is 9.37 Å². The number of pyridine rings is 1. The highest BCUT2D eigenvalue weighted by atomic mass is 35.5. The molecule has 0 aliphatic heterocycles. The molecule has 4 N–H and O–H groups in total. The maximum Gasteiger partial charge on any atom is 0.252 e. The summed E-state index contributed by atoms with van der Waals surface area (Å²) >= 11 is 0. The van der Waals surface area contributed by atoms with Crippen molar-refractivity contribution < 1.29 is 13.9 Å². The number of fused-ring (bicyclic) bond motifs is 1. The third-order valence-corrected chi connectivity index (χ3v) is 3.52. The van der Waals surface area contributed by atoms with E-state index in [0.29, 0.717) is 22.6 Å². The van der Waals surface area contributed by atoms with Gasteiger partial charge in [-0.15, -0.1) is 12.4 Å². The largest absolute Gasteiger partial charge is 0.370 e. The van der Waals surface area contributed by atoms with Gasteiger partial charge in [0.05, 0.1) is 6.61 Å². The number of ether oxygens (including phenoxy) is 1. The van der Waals surface area contributed by atoms with Crippen LogP contribution in [0.2, 0.25) is 0 Å². The first-order valence-electron chi connectivity index (χ1n) is 7.98. The molecule has 2 heterocycles. The minimum Gasteiger partial charge on any atom is -0.370 e. The number of amides is 1. The molecule has 1 aromatic carbocycles. The van der Waals surface area contributed by atoms with Crippen molar-refractivity contribution in [2.75, 3.05) is 6.61 Å². The van der Waals surface area contributed by atoms with Crippen LogP contribution in [0.25, 0.3) is 5.65 Å². The molecule has 9 heteroatoms. The molecule has 2 aromatic heterocycles. The number of nitrogens with two attached hydrogens (primary N) is 1. The number of benzene rings is 1. The average molecular weight is 402 g/mol. The van der Waals surface area contributed by atoms with Crippen LogP contribution in [-0.2, 0) is 16.1 Å². The van der Waals surface area contributed by atoms with E-state index in [1.165, 1.54) is 12.1 Å². The second-order valence-electron chi connectivity index (χ2n) is 5.55. The number of carbonyl (C=O) groups is 1. The zero-order valence-electron chi connectivity index (χ0n) is 14.6. The summed E-state index contributed by atoms with van der Waals surface area (Å²) in [6.07, 6.45) is 1.82. The van der Waals surface area contributed by atoms with Crippen LogP contribution < -0.4 is 11.1 Å². The molecule has 1 amide bonds. The van der Waals surface area contributed by atoms with Crippen molar-refractivity contribution in [3.8, 4) is 11.8 Å². The molecule has 3 rings (SSSR count). The Morgan fingerprint density at radius 1 is 1.25 bits per heavy atom. The minimum atomic E-state index is -0.523. The maximum atomic E-state index is 13.0. The average Bonchev–Trinajstić information content (AvgIpc) is 2.98. The van der Waals surface area contributed by atoms with E-state index in [1.807, 2.05) is 28.8 Å². The summed E-state index contributed by atoms with van der Waals surface area (Å²) < 4.78 is 20.2. The zero-order valence-corrected chi connectivity index (χ0v) is 15.4. The van der Waals surface area contributed by atoms with Crippen molar-refractivity contribution in [3.63, 3.8) is 0 Å². The second-order valence-corrected chi connectivity index (χ2v) is 5.55. The quantitative estimate of drug-likeness (QED) is 0.352. The van der Waals surface area contributed by atoms with E-state index in [-0.39, 0.29) is 31.4 Å². The fourth-order valence-electron chi connectivity index (χ4n) is 2.37. The molecular formula is C19H17ClFN5O2. The fraction of sp³-hybridized carbons (Fsp3) is 0.105. The van der Waals surface area contributed by atoms with E-state index in [0.717, 1.165) is 0 Å². The van der Waals surface area contributed by atoms with Crippen molar-refractivity contribution in [3.05, 3.63) is 71.4 Å². The van der Waals surface area contributed by atoms with Crippen molar-refractivity contribution in [1.82, 2.24) is 14.7 Å². The highest BCUT2D eigenvalue weighted by Gasteiger charge is 2.11. The summed E-state index contributed by atoms with van der Waals surface area (Å²) in [7, 11) is 0. The van der Waals surface area contributed by atoms with Gasteiger partial charge in [0, 0.05) is 11.8 Å². The third kappa shape index (κ3) is 5.30. The van der Waals surface area contributed by atoms with Crippen molar-refractivity contribution in [1.29, 1.82) is 5.41 Å². The Balaban J connectivity index is 0.00000280. The predicted octanol–water partition coefficient (Wildman–Crippen LogP) is 1.82. The van der Waals surface area contributed by atoms with E-state index in [9.17, 15) is 9.18 Å². The van der Waals surface area contributed by atoms with Crippen molar-refractivity contribution >= 4 is 29.9 Å². The van der Waals surface area contributed by atoms with Crippen molar-refractivity contribution in [2.24, 2.45) is 5.73 Å². The van der Waals surface area contributed by atoms with E-state index in [2.05, 4.69) is 22.1 Å². The summed E-state index contributed by atoms with van der Waals surface area (Å²) in [5.74, 6) is 4.72. The van der Waals surface area contributed by atoms with Gasteiger partial charge in [0.15, 0.2) is 5.96 Å². The first kappa shape index (κ1) is 20.9. The maximum absolute atomic E-state index is 13.0. The Kier molecular flexibility index (Phi) is 7.09. The zero-order chi connectivity index (χ0) is 19.2. The van der Waals surface area contributed by atoms with Gasteiger partial charge in [0.25, 0.3) is 5.91 Å². The number of nitrogens with one attached hydrogen (secondary N) is 2. The van der Waals surface area contributed by atoms with E-state index in [1.54, 1.807) is 12.1 Å². The summed E-state index contributed by atoms with van der Waals surface area (Å²) in [4.78, 5) is 16.0. The van der Waals surface area contributed by atoms with E-state index >= 15 is 0 Å². The van der Waals surface area contributed by atoms with Crippen LogP contribution in [0.5, 0.6) is 0 Å². The molecule has 144 valence electrons. The number of aromatic nitrogens is 2. The Hall–Kier alpha value is -3.41. The number of hydrogen-bond acceptors (Lipinski definition) is 4. The minimum absolute atomic E-state index is 0. The topological polar surface area (TPSA) is 106 Å². The summed E-state index contributed by atoms with van der Waals surface area (Å²) in [5.41, 5.74) is 7.62. The molecule has 0 aliphatic carbocycles. The van der Waals surface area contributed by atoms with Gasteiger partial charge in [0.2, 0.25) is 0 Å². The highest BCUT2D eigenvalue weighted by Crippen LogP contribution is 2.13. The van der Waals surface area contributed by atoms with E-state index < -0.39 is 11.9 Å². The fourth-order valence-corrected chi connectivity index (χ4v) is 2.37. The normalized spacial score (nSPS) is 9.89. The number of imidazole rings is 1. The molecule has 0 atom stereocenters. The van der Waals surface area contributed by atoms with Gasteiger partial charge in [-0.2, -0.15) is 0 Å². The van der Waals surface area contributed by atoms with Gasteiger partial charge in [-0.1, -0.05) is 12.0 Å². The molecule has 0 aliphatic rings. The molecule has 0 saturated carbocycles. The lowest BCUT2D eigenvalue weighted by Gasteiger charge is -2.03. The molecule has 0 spiro atoms. The lowest BCUT2D eigenvalue weighted by Crippen LogP contribution is -2.37. The van der Waals surface area contributed by atoms with Gasteiger partial charge in [-0.3, -0.25) is 19.9 Å². The van der Waals surface area contributed by atoms with Crippen LogP contribution in [0.4, 0.5) is 4.39 Å². The van der Waals surface area contributed by atoms with Gasteiger partial charge >= 0.3 is 0 Å². The van der Waals surface area contributed by atoms with Crippen LogP contribution in [0.3, 0.4) is 0 Å². The molecule has 3 aromatic rings. The van der Waals surface area contributed by atoms with Crippen LogP contribution in [-0.4, -0.2) is 27.9 Å². The van der Waals surface area contributed by atoms with Crippen LogP contribution in [0.15, 0.2) is 48.7 Å².